The Morgan fingerprint density at radius 3 is 2.60 bits per heavy atom. The van der Waals surface area contributed by atoms with E-state index in [0.29, 0.717) is 5.78 Å². The van der Waals surface area contributed by atoms with Crippen LogP contribution in [-0.4, -0.2) is 5.78 Å². The molecule has 0 radical (unpaired) electrons. The van der Waals surface area contributed by atoms with Crippen molar-refractivity contribution in [2.75, 3.05) is 0 Å². The number of carbonyl (C=O) groups excluding carboxylic acids is 1. The lowest BCUT2D eigenvalue weighted by Crippen LogP contribution is -2.32. The highest BCUT2D eigenvalue weighted by atomic mass is 16.1. The maximum Gasteiger partial charge on any atom is 0.133 e. The van der Waals surface area contributed by atoms with Gasteiger partial charge in [-0.2, -0.15) is 0 Å². The molecule has 0 heterocycles. The lowest BCUT2D eigenvalue weighted by Gasteiger charge is -2.36. The number of hydrogen-bond donors (Lipinski definition) is 0. The van der Waals surface area contributed by atoms with Crippen molar-refractivity contribution in [2.45, 2.75) is 44.4 Å². The van der Waals surface area contributed by atoms with Gasteiger partial charge in [0, 0.05) is 18.3 Å². The Balaban J connectivity index is 2.32. The van der Waals surface area contributed by atoms with Gasteiger partial charge in [0.15, 0.2) is 0 Å². The molecule has 1 aliphatic rings. The second-order valence-electron chi connectivity index (χ2n) is 4.57. The van der Waals surface area contributed by atoms with E-state index in [-0.39, 0.29) is 5.41 Å². The van der Waals surface area contributed by atoms with Crippen LogP contribution in [0.25, 0.3) is 0 Å². The lowest BCUT2D eigenvalue weighted by atomic mass is 9.67. The monoisotopic (exact) mass is 202 g/mol. The summed E-state index contributed by atoms with van der Waals surface area (Å²) in [5.74, 6) is 0.437. The van der Waals surface area contributed by atoms with Crippen LogP contribution in [-0.2, 0) is 10.2 Å². The lowest BCUT2D eigenvalue weighted by molar-refractivity contribution is -0.122. The maximum absolute atomic E-state index is 11.6. The first-order valence-electron chi connectivity index (χ1n) is 5.84. The molecule has 0 spiro atoms. The van der Waals surface area contributed by atoms with Crippen molar-refractivity contribution in [1.29, 1.82) is 0 Å². The van der Waals surface area contributed by atoms with Crippen LogP contribution in [0.5, 0.6) is 0 Å². The van der Waals surface area contributed by atoms with Crippen molar-refractivity contribution in [3.05, 3.63) is 35.9 Å². The minimum atomic E-state index is 0.136. The molecule has 0 aromatic heterocycles. The van der Waals surface area contributed by atoms with Gasteiger partial charge < -0.3 is 0 Å². The summed E-state index contributed by atoms with van der Waals surface area (Å²) in [7, 11) is 0. The van der Waals surface area contributed by atoms with Gasteiger partial charge in [0.1, 0.15) is 5.78 Å². The minimum absolute atomic E-state index is 0.136. The first kappa shape index (κ1) is 10.4. The van der Waals surface area contributed by atoms with Gasteiger partial charge in [0.2, 0.25) is 0 Å². The molecule has 1 aliphatic carbocycles. The summed E-state index contributed by atoms with van der Waals surface area (Å²) in [6.07, 6.45) is 4.83. The minimum Gasteiger partial charge on any atom is -0.300 e. The summed E-state index contributed by atoms with van der Waals surface area (Å²) in [5, 5.41) is 0. The highest BCUT2D eigenvalue weighted by Gasteiger charge is 2.35. The molecule has 0 saturated heterocycles. The van der Waals surface area contributed by atoms with Crippen molar-refractivity contribution in [3.8, 4) is 0 Å². The molecule has 15 heavy (non-hydrogen) atoms. The summed E-state index contributed by atoms with van der Waals surface area (Å²) >= 11 is 0. The van der Waals surface area contributed by atoms with Crippen LogP contribution in [0, 0.1) is 0 Å². The zero-order valence-corrected chi connectivity index (χ0v) is 9.33. The molecular weight excluding hydrogens is 184 g/mol. The summed E-state index contributed by atoms with van der Waals surface area (Å²) in [6, 6.07) is 10.5. The van der Waals surface area contributed by atoms with Crippen LogP contribution in [0.3, 0.4) is 0 Å². The Morgan fingerprint density at radius 2 is 2.00 bits per heavy atom. The first-order valence-corrected chi connectivity index (χ1v) is 5.84. The zero-order chi connectivity index (χ0) is 10.7. The topological polar surface area (TPSA) is 17.1 Å². The van der Waals surface area contributed by atoms with Gasteiger partial charge in [-0.25, -0.2) is 0 Å². The van der Waals surface area contributed by atoms with Gasteiger partial charge in [-0.15, -0.1) is 0 Å². The predicted octanol–water partition coefficient (Wildman–Crippen LogP) is 3.48. The molecular formula is C14H18O. The second kappa shape index (κ2) is 4.18. The molecule has 0 unspecified atom stereocenters. The summed E-state index contributed by atoms with van der Waals surface area (Å²) in [5.41, 5.74) is 1.48. The Bertz CT molecular complexity index is 342. The molecule has 80 valence electrons. The molecule has 0 bridgehead atoms. The molecule has 1 saturated carbocycles. The van der Waals surface area contributed by atoms with Crippen LogP contribution >= 0.6 is 0 Å². The molecule has 0 N–H and O–H groups in total. The molecule has 1 heteroatoms. The summed E-state index contributed by atoms with van der Waals surface area (Å²) in [6.45, 7) is 2.20. The van der Waals surface area contributed by atoms with E-state index in [2.05, 4.69) is 31.2 Å². The summed E-state index contributed by atoms with van der Waals surface area (Å²) in [4.78, 5) is 11.6. The number of carbonyl (C=O) groups is 1. The van der Waals surface area contributed by atoms with Crippen LogP contribution in [0.2, 0.25) is 0 Å². The van der Waals surface area contributed by atoms with E-state index in [1.807, 2.05) is 6.07 Å². The van der Waals surface area contributed by atoms with Crippen LogP contribution in [0.15, 0.2) is 30.3 Å². The number of benzene rings is 1. The van der Waals surface area contributed by atoms with Crippen LogP contribution in [0.4, 0.5) is 0 Å². The number of rotatable bonds is 2. The van der Waals surface area contributed by atoms with Gasteiger partial charge in [-0.05, 0) is 24.8 Å². The molecule has 0 amide bonds. The molecule has 1 aromatic rings. The standard InChI is InChI=1S/C14H18O/c1-2-14(10-6-9-13(15)11-14)12-7-4-3-5-8-12/h3-5,7-8H,2,6,9-11H2,1H3/t14-/m0/s1. The Kier molecular flexibility index (Phi) is 2.90. The molecule has 1 fully saturated rings. The SMILES string of the molecule is CC[C@]1(c2ccccc2)CCCC(=O)C1. The van der Waals surface area contributed by atoms with Crippen molar-refractivity contribution in [1.82, 2.24) is 0 Å². The second-order valence-corrected chi connectivity index (χ2v) is 4.57. The van der Waals surface area contributed by atoms with E-state index in [0.717, 1.165) is 25.7 Å². The van der Waals surface area contributed by atoms with Crippen LogP contribution in [0.1, 0.15) is 44.6 Å². The first-order chi connectivity index (χ1) is 7.27. The van der Waals surface area contributed by atoms with Crippen molar-refractivity contribution < 1.29 is 4.79 Å². The van der Waals surface area contributed by atoms with E-state index in [1.54, 1.807) is 0 Å². The van der Waals surface area contributed by atoms with E-state index in [4.69, 9.17) is 0 Å². The molecule has 2 rings (SSSR count). The van der Waals surface area contributed by atoms with E-state index >= 15 is 0 Å². The summed E-state index contributed by atoms with van der Waals surface area (Å²) < 4.78 is 0. The fourth-order valence-corrected chi connectivity index (χ4v) is 2.72. The highest BCUT2D eigenvalue weighted by molar-refractivity contribution is 5.80. The van der Waals surface area contributed by atoms with Gasteiger partial charge in [0.25, 0.3) is 0 Å². The van der Waals surface area contributed by atoms with Crippen LogP contribution < -0.4 is 0 Å². The van der Waals surface area contributed by atoms with Crippen molar-refractivity contribution in [3.63, 3.8) is 0 Å². The molecule has 0 aliphatic heterocycles. The van der Waals surface area contributed by atoms with E-state index in [1.165, 1.54) is 12.0 Å². The molecule has 1 nitrogen and oxygen atoms in total. The number of Topliss-reactive ketones (excluding diaryl/α,β-unsaturated/α-hetero) is 1. The fraction of sp³-hybridized carbons (Fsp3) is 0.500. The molecule has 1 aromatic carbocycles. The quantitative estimate of drug-likeness (QED) is 0.717. The maximum atomic E-state index is 11.6. The Morgan fingerprint density at radius 1 is 1.27 bits per heavy atom. The van der Waals surface area contributed by atoms with E-state index < -0.39 is 0 Å². The zero-order valence-electron chi connectivity index (χ0n) is 9.33. The van der Waals surface area contributed by atoms with E-state index in [9.17, 15) is 4.79 Å². The van der Waals surface area contributed by atoms with Gasteiger partial charge in [-0.1, -0.05) is 37.3 Å². The Labute approximate surface area is 91.5 Å². The average molecular weight is 202 g/mol. The number of hydrogen-bond acceptors (Lipinski definition) is 1. The van der Waals surface area contributed by atoms with Crippen molar-refractivity contribution in [2.24, 2.45) is 0 Å². The van der Waals surface area contributed by atoms with Gasteiger partial charge in [-0.3, -0.25) is 4.79 Å². The smallest absolute Gasteiger partial charge is 0.133 e. The Hall–Kier alpha value is -1.11. The van der Waals surface area contributed by atoms with Gasteiger partial charge in [0.05, 0.1) is 0 Å². The fourth-order valence-electron chi connectivity index (χ4n) is 2.72. The largest absolute Gasteiger partial charge is 0.300 e. The third kappa shape index (κ3) is 1.97. The highest BCUT2D eigenvalue weighted by Crippen LogP contribution is 2.40. The third-order valence-corrected chi connectivity index (χ3v) is 3.71. The number of ketones is 1. The third-order valence-electron chi connectivity index (χ3n) is 3.71. The normalized spacial score (nSPS) is 26.6. The average Bonchev–Trinajstić information content (AvgIpc) is 2.30. The van der Waals surface area contributed by atoms with Crippen molar-refractivity contribution >= 4 is 5.78 Å². The molecule has 1 atom stereocenters. The predicted molar refractivity (Wildman–Crippen MR) is 61.9 cm³/mol. The van der Waals surface area contributed by atoms with Gasteiger partial charge >= 0.3 is 0 Å².